The first-order valence-corrected chi connectivity index (χ1v) is 7.33. The van der Waals surface area contributed by atoms with Crippen molar-refractivity contribution in [2.24, 2.45) is 0 Å². The predicted octanol–water partition coefficient (Wildman–Crippen LogP) is 2.40. The number of ether oxygens (including phenoxy) is 1. The highest BCUT2D eigenvalue weighted by atomic mass is 79.9. The molecule has 1 aromatic carbocycles. The second-order valence-corrected chi connectivity index (χ2v) is 5.05. The molecule has 0 amide bonds. The minimum atomic E-state index is 0.0728. The smallest absolute Gasteiger partial charge is 0.233 e. The molecule has 0 atom stereocenters. The largest absolute Gasteiger partial charge is 0.464 e. The molecule has 0 fully saturated rings. The van der Waals surface area contributed by atoms with E-state index in [2.05, 4.69) is 42.5 Å². The summed E-state index contributed by atoms with van der Waals surface area (Å²) in [4.78, 5) is 8.42. The van der Waals surface area contributed by atoms with E-state index in [0.29, 0.717) is 22.8 Å². The van der Waals surface area contributed by atoms with Crippen LogP contribution in [0.3, 0.4) is 0 Å². The minimum Gasteiger partial charge on any atom is -0.464 e. The molecule has 6 nitrogen and oxygen atoms in total. The Morgan fingerprint density at radius 2 is 2.18 bits per heavy atom. The van der Waals surface area contributed by atoms with Gasteiger partial charge in [-0.05, 0) is 34.1 Å². The maximum atomic E-state index is 8.83. The SMILES string of the molecule is C#CCOc1nc(Nc2cccc(NCCO)c2)ncc1Br. The molecule has 0 aliphatic carbocycles. The number of terminal acetylenes is 1. The molecule has 114 valence electrons. The third-order valence-corrected chi connectivity index (χ3v) is 3.11. The maximum Gasteiger partial charge on any atom is 0.233 e. The zero-order valence-corrected chi connectivity index (χ0v) is 13.3. The van der Waals surface area contributed by atoms with Gasteiger partial charge in [0.05, 0.1) is 17.3 Å². The van der Waals surface area contributed by atoms with Crippen molar-refractivity contribution in [3.63, 3.8) is 0 Å². The van der Waals surface area contributed by atoms with Crippen molar-refractivity contribution in [1.82, 2.24) is 9.97 Å². The van der Waals surface area contributed by atoms with Crippen LogP contribution in [0.15, 0.2) is 34.9 Å². The van der Waals surface area contributed by atoms with Gasteiger partial charge in [-0.25, -0.2) is 4.98 Å². The summed E-state index contributed by atoms with van der Waals surface area (Å²) in [6, 6.07) is 7.57. The highest BCUT2D eigenvalue weighted by molar-refractivity contribution is 9.10. The van der Waals surface area contributed by atoms with Gasteiger partial charge < -0.3 is 20.5 Å². The summed E-state index contributed by atoms with van der Waals surface area (Å²) in [7, 11) is 0. The van der Waals surface area contributed by atoms with Crippen LogP contribution in [-0.4, -0.2) is 34.8 Å². The van der Waals surface area contributed by atoms with Gasteiger partial charge in [0.15, 0.2) is 6.61 Å². The average Bonchev–Trinajstić information content (AvgIpc) is 2.54. The molecule has 0 aliphatic rings. The number of nitrogens with zero attached hydrogens (tertiary/aromatic N) is 2. The van der Waals surface area contributed by atoms with Gasteiger partial charge in [-0.15, -0.1) is 6.42 Å². The zero-order chi connectivity index (χ0) is 15.8. The highest BCUT2D eigenvalue weighted by Gasteiger charge is 2.06. The second-order valence-electron chi connectivity index (χ2n) is 4.20. The molecule has 2 aromatic rings. The molecule has 1 heterocycles. The van der Waals surface area contributed by atoms with Crippen molar-refractivity contribution >= 4 is 33.3 Å². The quantitative estimate of drug-likeness (QED) is 0.656. The average molecular weight is 363 g/mol. The van der Waals surface area contributed by atoms with Crippen LogP contribution in [0.25, 0.3) is 0 Å². The van der Waals surface area contributed by atoms with Gasteiger partial charge in [-0.2, -0.15) is 4.98 Å². The molecule has 2 rings (SSSR count). The molecule has 0 saturated heterocycles. The summed E-state index contributed by atoms with van der Waals surface area (Å²) in [6.07, 6.45) is 6.76. The number of rotatable bonds is 7. The van der Waals surface area contributed by atoms with Crippen molar-refractivity contribution in [3.05, 3.63) is 34.9 Å². The van der Waals surface area contributed by atoms with Crippen molar-refractivity contribution in [2.45, 2.75) is 0 Å². The fourth-order valence-corrected chi connectivity index (χ4v) is 1.96. The summed E-state index contributed by atoms with van der Waals surface area (Å²) >= 11 is 3.31. The molecule has 0 saturated carbocycles. The van der Waals surface area contributed by atoms with Crippen LogP contribution in [-0.2, 0) is 0 Å². The lowest BCUT2D eigenvalue weighted by atomic mass is 10.3. The third kappa shape index (κ3) is 4.62. The normalized spacial score (nSPS) is 9.86. The lowest BCUT2D eigenvalue weighted by molar-refractivity contribution is 0.311. The Bertz CT molecular complexity index is 673. The van der Waals surface area contributed by atoms with Gasteiger partial charge in [0, 0.05) is 17.9 Å². The Hall–Kier alpha value is -2.30. The van der Waals surface area contributed by atoms with E-state index in [4.69, 9.17) is 16.3 Å². The molecule has 0 spiro atoms. The van der Waals surface area contributed by atoms with Crippen LogP contribution in [0.2, 0.25) is 0 Å². The van der Waals surface area contributed by atoms with E-state index in [1.807, 2.05) is 24.3 Å². The van der Waals surface area contributed by atoms with Gasteiger partial charge >= 0.3 is 0 Å². The second kappa shape index (κ2) is 8.22. The van der Waals surface area contributed by atoms with Crippen LogP contribution in [0.1, 0.15) is 0 Å². The molecule has 0 unspecified atom stereocenters. The Labute approximate surface area is 137 Å². The molecule has 0 radical (unpaired) electrons. The molecule has 0 aliphatic heterocycles. The summed E-state index contributed by atoms with van der Waals surface area (Å²) in [5.41, 5.74) is 1.70. The molecular formula is C15H15BrN4O2. The first-order valence-electron chi connectivity index (χ1n) is 6.53. The lowest BCUT2D eigenvalue weighted by Crippen LogP contribution is -2.06. The summed E-state index contributed by atoms with van der Waals surface area (Å²) in [6.45, 7) is 0.696. The van der Waals surface area contributed by atoms with Crippen LogP contribution in [0.4, 0.5) is 17.3 Å². The van der Waals surface area contributed by atoms with E-state index in [1.165, 1.54) is 0 Å². The van der Waals surface area contributed by atoms with E-state index < -0.39 is 0 Å². The number of hydrogen-bond donors (Lipinski definition) is 3. The van der Waals surface area contributed by atoms with Crippen molar-refractivity contribution < 1.29 is 9.84 Å². The van der Waals surface area contributed by atoms with Crippen molar-refractivity contribution in [2.75, 3.05) is 30.4 Å². The fourth-order valence-electron chi connectivity index (χ4n) is 1.66. The van der Waals surface area contributed by atoms with E-state index in [9.17, 15) is 0 Å². The Balaban J connectivity index is 2.11. The van der Waals surface area contributed by atoms with E-state index >= 15 is 0 Å². The lowest BCUT2D eigenvalue weighted by Gasteiger charge is -2.10. The first-order chi connectivity index (χ1) is 10.7. The number of benzene rings is 1. The summed E-state index contributed by atoms with van der Waals surface area (Å²) in [5.74, 6) is 3.16. The number of nitrogens with one attached hydrogen (secondary N) is 2. The topological polar surface area (TPSA) is 79.3 Å². The molecule has 22 heavy (non-hydrogen) atoms. The van der Waals surface area contributed by atoms with Crippen LogP contribution in [0, 0.1) is 12.3 Å². The molecule has 1 aromatic heterocycles. The van der Waals surface area contributed by atoms with E-state index in [1.54, 1.807) is 6.20 Å². The van der Waals surface area contributed by atoms with Gasteiger partial charge in [-0.1, -0.05) is 12.0 Å². The van der Waals surface area contributed by atoms with Crippen LogP contribution < -0.4 is 15.4 Å². The molecule has 7 heteroatoms. The Morgan fingerprint density at radius 3 is 2.95 bits per heavy atom. The van der Waals surface area contributed by atoms with Crippen LogP contribution in [0.5, 0.6) is 5.88 Å². The predicted molar refractivity (Wildman–Crippen MR) is 89.4 cm³/mol. The van der Waals surface area contributed by atoms with Crippen LogP contribution >= 0.6 is 15.9 Å². The standard InChI is InChI=1S/C15H15BrN4O2/c1-2-8-22-14-13(16)10-18-15(20-14)19-12-5-3-4-11(9-12)17-6-7-21/h1,3-5,9-10,17,21H,6-8H2,(H,18,19,20). The first kappa shape index (κ1) is 16.1. The van der Waals surface area contributed by atoms with E-state index in [-0.39, 0.29) is 13.2 Å². The Morgan fingerprint density at radius 1 is 1.36 bits per heavy atom. The number of aliphatic hydroxyl groups excluding tert-OH is 1. The monoisotopic (exact) mass is 362 g/mol. The van der Waals surface area contributed by atoms with Gasteiger partial charge in [0.1, 0.15) is 0 Å². The fraction of sp³-hybridized carbons (Fsp3) is 0.200. The molecule has 0 bridgehead atoms. The minimum absolute atomic E-state index is 0.0728. The van der Waals surface area contributed by atoms with E-state index in [0.717, 1.165) is 11.4 Å². The highest BCUT2D eigenvalue weighted by Crippen LogP contribution is 2.24. The maximum absolute atomic E-state index is 8.83. The summed E-state index contributed by atoms with van der Waals surface area (Å²) < 4.78 is 5.96. The Kier molecular flexibility index (Phi) is 6.01. The number of aliphatic hydroxyl groups is 1. The zero-order valence-electron chi connectivity index (χ0n) is 11.7. The number of aromatic nitrogens is 2. The van der Waals surface area contributed by atoms with Crippen molar-refractivity contribution in [1.29, 1.82) is 0 Å². The summed E-state index contributed by atoms with van der Waals surface area (Å²) in [5, 5.41) is 15.0. The molecular weight excluding hydrogens is 348 g/mol. The van der Waals surface area contributed by atoms with Crippen molar-refractivity contribution in [3.8, 4) is 18.2 Å². The molecule has 3 N–H and O–H groups in total. The number of anilines is 3. The third-order valence-electron chi connectivity index (χ3n) is 2.56. The van der Waals surface area contributed by atoms with Gasteiger partial charge in [0.25, 0.3) is 0 Å². The van der Waals surface area contributed by atoms with Gasteiger partial charge in [0.2, 0.25) is 11.8 Å². The van der Waals surface area contributed by atoms with Gasteiger partial charge in [-0.3, -0.25) is 0 Å². The number of hydrogen-bond acceptors (Lipinski definition) is 6. The number of halogens is 1.